The van der Waals surface area contributed by atoms with Crippen LogP contribution in [-0.2, 0) is 0 Å². The zero-order valence-electron chi connectivity index (χ0n) is 8.20. The molecule has 0 radical (unpaired) electrons. The topological polar surface area (TPSA) is 12.4 Å². The van der Waals surface area contributed by atoms with Gasteiger partial charge in [0, 0.05) is 6.21 Å². The smallest absolute Gasteiger partial charge is 0.0655 e. The fraction of sp³-hybridized carbons (Fsp3) is 0.250. The summed E-state index contributed by atoms with van der Waals surface area (Å²) < 4.78 is 0. The van der Waals surface area contributed by atoms with Gasteiger partial charge in [-0.3, -0.25) is 4.99 Å². The fourth-order valence-corrected chi connectivity index (χ4v) is 1.10. The van der Waals surface area contributed by atoms with Crippen LogP contribution in [0.3, 0.4) is 0 Å². The van der Waals surface area contributed by atoms with E-state index in [9.17, 15) is 0 Å². The average Bonchev–Trinajstić information content (AvgIpc) is 2.28. The predicted octanol–water partition coefficient (Wildman–Crippen LogP) is 3.28. The van der Waals surface area contributed by atoms with Gasteiger partial charge in [0.25, 0.3) is 0 Å². The Morgan fingerprint density at radius 1 is 1.38 bits per heavy atom. The van der Waals surface area contributed by atoms with Crippen LogP contribution in [0.15, 0.2) is 53.2 Å². The largest absolute Gasteiger partial charge is 0.257 e. The summed E-state index contributed by atoms with van der Waals surface area (Å²) in [4.78, 5) is 4.28. The van der Waals surface area contributed by atoms with E-state index in [0.717, 1.165) is 5.70 Å². The van der Waals surface area contributed by atoms with Gasteiger partial charge in [0.15, 0.2) is 0 Å². The molecular formula is C12H15N. The number of hydrogen-bond donors (Lipinski definition) is 0. The molecule has 1 unspecified atom stereocenters. The zero-order chi connectivity index (χ0) is 9.68. The van der Waals surface area contributed by atoms with E-state index in [4.69, 9.17) is 0 Å². The van der Waals surface area contributed by atoms with Gasteiger partial charge >= 0.3 is 0 Å². The normalized spacial score (nSPS) is 22.5. The van der Waals surface area contributed by atoms with Gasteiger partial charge in [-0.15, -0.1) is 0 Å². The molecule has 1 aliphatic rings. The van der Waals surface area contributed by atoms with Crippen LogP contribution in [0.4, 0.5) is 0 Å². The highest BCUT2D eigenvalue weighted by Crippen LogP contribution is 2.16. The van der Waals surface area contributed by atoms with Crippen molar-refractivity contribution < 1.29 is 0 Å². The van der Waals surface area contributed by atoms with Crippen LogP contribution >= 0.6 is 0 Å². The predicted molar refractivity (Wildman–Crippen MR) is 58.8 cm³/mol. The molecule has 1 rings (SSSR count). The molecule has 68 valence electrons. The molecule has 0 bridgehead atoms. The van der Waals surface area contributed by atoms with E-state index in [1.54, 1.807) is 12.3 Å². The van der Waals surface area contributed by atoms with E-state index in [1.807, 2.05) is 0 Å². The summed E-state index contributed by atoms with van der Waals surface area (Å²) in [5, 5.41) is 0. The molecule has 0 saturated heterocycles. The summed E-state index contributed by atoms with van der Waals surface area (Å²) in [5.74, 6) is 0.492. The Labute approximate surface area is 79.9 Å². The minimum atomic E-state index is 0.492. The highest BCUT2D eigenvalue weighted by Gasteiger charge is 1.99. The van der Waals surface area contributed by atoms with Gasteiger partial charge in [-0.05, 0) is 24.5 Å². The van der Waals surface area contributed by atoms with Gasteiger partial charge in [-0.1, -0.05) is 37.8 Å². The summed E-state index contributed by atoms with van der Waals surface area (Å²) in [7, 11) is 0. The van der Waals surface area contributed by atoms with E-state index in [0.29, 0.717) is 5.92 Å². The van der Waals surface area contributed by atoms with Crippen LogP contribution in [0.25, 0.3) is 0 Å². The second-order valence-electron chi connectivity index (χ2n) is 3.16. The third kappa shape index (κ3) is 2.86. The van der Waals surface area contributed by atoms with Crippen molar-refractivity contribution in [3.05, 3.63) is 48.2 Å². The van der Waals surface area contributed by atoms with Crippen molar-refractivity contribution in [2.45, 2.75) is 13.8 Å². The minimum Gasteiger partial charge on any atom is -0.257 e. The Morgan fingerprint density at radius 3 is 2.77 bits per heavy atom. The molecule has 1 nitrogen and oxygen atoms in total. The van der Waals surface area contributed by atoms with Gasteiger partial charge in [0.2, 0.25) is 0 Å². The number of hydrogen-bond acceptors (Lipinski definition) is 1. The second kappa shape index (κ2) is 4.61. The van der Waals surface area contributed by atoms with E-state index in [2.05, 4.69) is 49.7 Å². The standard InChI is InChI=1S/C12H15N/c1-4-9-13-12-8-6-10(2)5-7-11(12)3/h4-10H,1H2,2-3H3. The lowest BCUT2D eigenvalue weighted by Gasteiger charge is -1.95. The SMILES string of the molecule is C=CC=NC1=C(C)C=CC(C)C=C1. The third-order valence-corrected chi connectivity index (χ3v) is 1.93. The zero-order valence-corrected chi connectivity index (χ0v) is 8.20. The molecule has 0 aromatic carbocycles. The maximum atomic E-state index is 4.28. The molecule has 1 heteroatoms. The third-order valence-electron chi connectivity index (χ3n) is 1.93. The van der Waals surface area contributed by atoms with Crippen molar-refractivity contribution in [1.82, 2.24) is 0 Å². The summed E-state index contributed by atoms with van der Waals surface area (Å²) in [5.41, 5.74) is 2.21. The molecule has 0 saturated carbocycles. The Morgan fingerprint density at radius 2 is 2.08 bits per heavy atom. The van der Waals surface area contributed by atoms with E-state index in [-0.39, 0.29) is 0 Å². The highest BCUT2D eigenvalue weighted by molar-refractivity contribution is 5.72. The quantitative estimate of drug-likeness (QED) is 0.568. The molecule has 1 atom stereocenters. The Hall–Kier alpha value is -1.37. The first kappa shape index (κ1) is 9.72. The van der Waals surface area contributed by atoms with Crippen LogP contribution in [0.1, 0.15) is 13.8 Å². The maximum Gasteiger partial charge on any atom is 0.0655 e. The summed E-state index contributed by atoms with van der Waals surface area (Å²) in [6.45, 7) is 7.81. The van der Waals surface area contributed by atoms with E-state index >= 15 is 0 Å². The van der Waals surface area contributed by atoms with Crippen LogP contribution < -0.4 is 0 Å². The van der Waals surface area contributed by atoms with Crippen LogP contribution in [0.5, 0.6) is 0 Å². The van der Waals surface area contributed by atoms with Gasteiger partial charge < -0.3 is 0 Å². The van der Waals surface area contributed by atoms with Crippen molar-refractivity contribution in [3.63, 3.8) is 0 Å². The molecule has 0 aromatic rings. The van der Waals surface area contributed by atoms with Gasteiger partial charge in [0.1, 0.15) is 0 Å². The molecular weight excluding hydrogens is 158 g/mol. The molecule has 0 heterocycles. The van der Waals surface area contributed by atoms with Gasteiger partial charge in [-0.25, -0.2) is 0 Å². The number of allylic oxidation sites excluding steroid dienone is 6. The van der Waals surface area contributed by atoms with Crippen molar-refractivity contribution in [2.24, 2.45) is 10.9 Å². The number of rotatable bonds is 2. The van der Waals surface area contributed by atoms with Crippen LogP contribution in [0, 0.1) is 5.92 Å². The Kier molecular flexibility index (Phi) is 3.44. The van der Waals surface area contributed by atoms with Gasteiger partial charge in [-0.2, -0.15) is 0 Å². The Balaban J connectivity index is 2.93. The molecule has 0 aliphatic heterocycles. The molecule has 13 heavy (non-hydrogen) atoms. The molecule has 1 aliphatic carbocycles. The van der Waals surface area contributed by atoms with Crippen LogP contribution in [-0.4, -0.2) is 6.21 Å². The van der Waals surface area contributed by atoms with Crippen molar-refractivity contribution in [1.29, 1.82) is 0 Å². The lowest BCUT2D eigenvalue weighted by Crippen LogP contribution is -1.79. The van der Waals surface area contributed by atoms with E-state index in [1.165, 1.54) is 5.57 Å². The Bertz CT molecular complexity index is 303. The molecule has 0 N–H and O–H groups in total. The number of aliphatic imine (C=N–C) groups is 1. The molecule has 0 fully saturated rings. The molecule has 0 spiro atoms. The lowest BCUT2D eigenvalue weighted by atomic mass is 10.1. The monoisotopic (exact) mass is 173 g/mol. The second-order valence-corrected chi connectivity index (χ2v) is 3.16. The highest BCUT2D eigenvalue weighted by atomic mass is 14.7. The van der Waals surface area contributed by atoms with Crippen molar-refractivity contribution in [3.8, 4) is 0 Å². The molecule has 0 amide bonds. The first-order valence-electron chi connectivity index (χ1n) is 4.46. The van der Waals surface area contributed by atoms with Crippen molar-refractivity contribution >= 4 is 6.21 Å². The first-order chi connectivity index (χ1) is 6.24. The van der Waals surface area contributed by atoms with Crippen molar-refractivity contribution in [2.75, 3.05) is 0 Å². The van der Waals surface area contributed by atoms with Gasteiger partial charge in [0.05, 0.1) is 5.70 Å². The maximum absolute atomic E-state index is 4.28. The number of nitrogens with zero attached hydrogens (tertiary/aromatic N) is 1. The summed E-state index contributed by atoms with van der Waals surface area (Å²) in [6, 6.07) is 0. The minimum absolute atomic E-state index is 0.492. The fourth-order valence-electron chi connectivity index (χ4n) is 1.10. The molecule has 0 aromatic heterocycles. The van der Waals surface area contributed by atoms with Crippen LogP contribution in [0.2, 0.25) is 0 Å². The lowest BCUT2D eigenvalue weighted by molar-refractivity contribution is 0.941. The average molecular weight is 173 g/mol. The summed E-state index contributed by atoms with van der Waals surface area (Å²) >= 11 is 0. The van der Waals surface area contributed by atoms with E-state index < -0.39 is 0 Å². The summed E-state index contributed by atoms with van der Waals surface area (Å²) in [6.07, 6.45) is 11.9. The first-order valence-corrected chi connectivity index (χ1v) is 4.46.